The predicted molar refractivity (Wildman–Crippen MR) is 141 cm³/mol. The second-order valence-corrected chi connectivity index (χ2v) is 16.0. The second-order valence-electron chi connectivity index (χ2n) is 13.2. The Balaban J connectivity index is 1.77. The highest BCUT2D eigenvalue weighted by Gasteiger charge is 2.69. The zero-order chi connectivity index (χ0) is 27.2. The maximum Gasteiger partial charge on any atom is 0.315 e. The molecule has 2 N–H and O–H groups in total. The van der Waals surface area contributed by atoms with E-state index in [2.05, 4.69) is 24.5 Å². The molecule has 5 atom stereocenters. The zero-order valence-corrected chi connectivity index (χ0v) is 24.2. The number of nitrogens with zero attached hydrogens (tertiary/aromatic N) is 1. The average molecular weight is 526 g/mol. The van der Waals surface area contributed by atoms with Crippen LogP contribution in [0.25, 0.3) is 0 Å². The highest BCUT2D eigenvalue weighted by molar-refractivity contribution is 7.92. The molecule has 3 rings (SSSR count). The summed E-state index contributed by atoms with van der Waals surface area (Å²) in [6, 6.07) is -2.26. The minimum atomic E-state index is -3.45. The van der Waals surface area contributed by atoms with Gasteiger partial charge in [0.25, 0.3) is 0 Å². The Morgan fingerprint density at radius 2 is 1.61 bits per heavy atom. The lowest BCUT2D eigenvalue weighted by atomic mass is 9.83. The van der Waals surface area contributed by atoms with Gasteiger partial charge in [0, 0.05) is 12.6 Å². The smallest absolute Gasteiger partial charge is 0.315 e. The molecule has 206 valence electrons. The van der Waals surface area contributed by atoms with Crippen molar-refractivity contribution < 1.29 is 22.8 Å². The molecule has 0 aromatic rings. The molecule has 36 heavy (non-hydrogen) atoms. The maximum atomic E-state index is 13.9. The first-order valence-electron chi connectivity index (χ1n) is 13.6. The molecule has 3 amide bonds. The van der Waals surface area contributed by atoms with Crippen LogP contribution in [0.2, 0.25) is 0 Å². The van der Waals surface area contributed by atoms with E-state index in [4.69, 9.17) is 0 Å². The topological polar surface area (TPSA) is 113 Å². The molecule has 8 nitrogen and oxygen atoms in total. The van der Waals surface area contributed by atoms with Gasteiger partial charge in [-0.25, -0.2) is 13.2 Å². The molecule has 0 unspecified atom stereocenters. The minimum Gasteiger partial charge on any atom is -0.334 e. The molecule has 0 spiro atoms. The lowest BCUT2D eigenvalue weighted by molar-refractivity contribution is -0.141. The fourth-order valence-corrected chi connectivity index (χ4v) is 7.69. The van der Waals surface area contributed by atoms with Crippen molar-refractivity contribution in [2.24, 2.45) is 29.1 Å². The molecule has 2 saturated carbocycles. The molecule has 0 aromatic heterocycles. The van der Waals surface area contributed by atoms with Crippen molar-refractivity contribution in [2.75, 3.05) is 12.3 Å². The number of urea groups is 1. The van der Waals surface area contributed by atoms with E-state index in [0.717, 1.165) is 32.1 Å². The van der Waals surface area contributed by atoms with Crippen LogP contribution < -0.4 is 10.6 Å². The Bertz CT molecular complexity index is 962. The number of amides is 3. The maximum absolute atomic E-state index is 13.9. The van der Waals surface area contributed by atoms with Crippen molar-refractivity contribution in [1.82, 2.24) is 15.5 Å². The number of nitrogens with one attached hydrogen (secondary N) is 2. The monoisotopic (exact) mass is 525 g/mol. The molecule has 2 aliphatic carbocycles. The fourth-order valence-electron chi connectivity index (χ4n) is 6.25. The first-order chi connectivity index (χ1) is 16.5. The summed E-state index contributed by atoms with van der Waals surface area (Å²) in [6.45, 7) is 15.1. The number of hydrogen-bond acceptors (Lipinski definition) is 5. The van der Waals surface area contributed by atoms with Crippen molar-refractivity contribution in [2.45, 2.75) is 110 Å². The number of carbonyl (C=O) groups is 3. The number of rotatable bonds is 8. The molecule has 3 fully saturated rings. The molecular weight excluding hydrogens is 478 g/mol. The van der Waals surface area contributed by atoms with Crippen LogP contribution >= 0.6 is 0 Å². The van der Waals surface area contributed by atoms with E-state index in [1.165, 1.54) is 0 Å². The van der Waals surface area contributed by atoms with Crippen molar-refractivity contribution in [3.05, 3.63) is 0 Å². The first kappa shape index (κ1) is 28.9. The summed E-state index contributed by atoms with van der Waals surface area (Å²) in [4.78, 5) is 41.4. The van der Waals surface area contributed by atoms with Crippen LogP contribution in [0.15, 0.2) is 0 Å². The SMILES string of the molecule is CC(=O)[C@@H]1[C@@H]2[C@H](CN1C(=O)[C@@H](NC(=O)N[C@H](CS(=O)(=O)C(C)(C)C)C(C)C)C1CCCCC1)C2(C)C. The number of carbonyl (C=O) groups excluding carboxylic acids is 3. The molecule has 1 heterocycles. The Kier molecular flexibility index (Phi) is 8.24. The van der Waals surface area contributed by atoms with Gasteiger partial charge in [-0.05, 0) is 69.6 Å². The molecule has 0 bridgehead atoms. The van der Waals surface area contributed by atoms with E-state index in [1.807, 2.05) is 13.8 Å². The molecule has 1 saturated heterocycles. The Morgan fingerprint density at radius 3 is 2.11 bits per heavy atom. The molecule has 0 aromatic carbocycles. The summed E-state index contributed by atoms with van der Waals surface area (Å²) >= 11 is 0. The largest absolute Gasteiger partial charge is 0.334 e. The molecule has 1 aliphatic heterocycles. The number of hydrogen-bond donors (Lipinski definition) is 2. The Hall–Kier alpha value is -1.64. The summed E-state index contributed by atoms with van der Waals surface area (Å²) < 4.78 is 24.7. The van der Waals surface area contributed by atoms with E-state index in [9.17, 15) is 22.8 Å². The van der Waals surface area contributed by atoms with Gasteiger partial charge in [-0.1, -0.05) is 47.0 Å². The van der Waals surface area contributed by atoms with Gasteiger partial charge in [0.2, 0.25) is 5.91 Å². The lowest BCUT2D eigenvalue weighted by Gasteiger charge is -2.37. The second kappa shape index (κ2) is 10.3. The van der Waals surface area contributed by atoms with Gasteiger partial charge in [-0.3, -0.25) is 9.59 Å². The molecule has 3 aliphatic rings. The number of sulfone groups is 1. The van der Waals surface area contributed by atoms with Crippen LogP contribution in [0.4, 0.5) is 4.79 Å². The summed E-state index contributed by atoms with van der Waals surface area (Å²) in [5.74, 6) is 0.0405. The van der Waals surface area contributed by atoms with Gasteiger partial charge in [0.15, 0.2) is 15.6 Å². The number of piperidine rings is 1. The standard InChI is InChI=1S/C27H47N3O5S/c1-16(2)20(15-36(34,35)26(4,5)6)28-25(33)29-22(18-12-10-9-11-13-18)24(32)30-14-19-21(27(19,7)8)23(30)17(3)31/h16,18-23H,9-15H2,1-8H3,(H2,28,29,33)/t19-,20+,21-,22-,23+/m0/s1. The van der Waals surface area contributed by atoms with Crippen LogP contribution in [-0.4, -0.2) is 66.2 Å². The summed E-state index contributed by atoms with van der Waals surface area (Å²) in [7, 11) is -3.45. The van der Waals surface area contributed by atoms with E-state index in [0.29, 0.717) is 12.5 Å². The third-order valence-electron chi connectivity index (χ3n) is 9.04. The summed E-state index contributed by atoms with van der Waals surface area (Å²) in [5, 5.41) is 5.79. The fraction of sp³-hybridized carbons (Fsp3) is 0.889. The van der Waals surface area contributed by atoms with Gasteiger partial charge >= 0.3 is 6.03 Å². The van der Waals surface area contributed by atoms with Crippen LogP contribution in [0.5, 0.6) is 0 Å². The third-order valence-corrected chi connectivity index (χ3v) is 11.7. The molecular formula is C27H47N3O5S. The van der Waals surface area contributed by atoms with E-state index < -0.39 is 38.7 Å². The lowest BCUT2D eigenvalue weighted by Crippen LogP contribution is -2.59. The normalized spacial score (nSPS) is 27.8. The first-order valence-corrected chi connectivity index (χ1v) is 15.2. The van der Waals surface area contributed by atoms with Crippen molar-refractivity contribution in [1.29, 1.82) is 0 Å². The van der Waals surface area contributed by atoms with E-state index in [1.54, 1.807) is 32.6 Å². The third kappa shape index (κ3) is 5.76. The Morgan fingerprint density at radius 1 is 1.03 bits per heavy atom. The van der Waals surface area contributed by atoms with Gasteiger partial charge in [-0.2, -0.15) is 0 Å². The van der Waals surface area contributed by atoms with Crippen LogP contribution in [0.1, 0.15) is 87.5 Å². The van der Waals surface area contributed by atoms with Gasteiger partial charge in [-0.15, -0.1) is 0 Å². The van der Waals surface area contributed by atoms with Crippen molar-refractivity contribution in [3.63, 3.8) is 0 Å². The van der Waals surface area contributed by atoms with E-state index >= 15 is 0 Å². The average Bonchev–Trinajstić information content (AvgIpc) is 3.10. The summed E-state index contributed by atoms with van der Waals surface area (Å²) in [6.07, 6.45) is 4.82. The van der Waals surface area contributed by atoms with Crippen LogP contribution in [0, 0.1) is 29.1 Å². The minimum absolute atomic E-state index is 0.000490. The molecule has 9 heteroatoms. The van der Waals surface area contributed by atoms with Crippen molar-refractivity contribution in [3.8, 4) is 0 Å². The number of Topliss-reactive ketones (excluding diaryl/α,β-unsaturated/α-hetero) is 1. The number of likely N-dealkylation sites (tertiary alicyclic amines) is 1. The number of ketones is 1. The Labute approximate surface area is 217 Å². The van der Waals surface area contributed by atoms with Crippen LogP contribution in [-0.2, 0) is 19.4 Å². The highest BCUT2D eigenvalue weighted by Crippen LogP contribution is 2.65. The quantitative estimate of drug-likeness (QED) is 0.503. The van der Waals surface area contributed by atoms with Crippen LogP contribution in [0.3, 0.4) is 0 Å². The molecule has 0 radical (unpaired) electrons. The highest BCUT2D eigenvalue weighted by atomic mass is 32.2. The van der Waals surface area contributed by atoms with E-state index in [-0.39, 0.29) is 40.6 Å². The van der Waals surface area contributed by atoms with Gasteiger partial charge in [0.05, 0.1) is 16.5 Å². The van der Waals surface area contributed by atoms with Gasteiger partial charge in [0.1, 0.15) is 6.04 Å². The van der Waals surface area contributed by atoms with Crippen molar-refractivity contribution >= 4 is 27.6 Å². The zero-order valence-electron chi connectivity index (χ0n) is 23.4. The van der Waals surface area contributed by atoms with Gasteiger partial charge < -0.3 is 15.5 Å². The predicted octanol–water partition coefficient (Wildman–Crippen LogP) is 3.54. The number of fused-ring (bicyclic) bond motifs is 1. The summed E-state index contributed by atoms with van der Waals surface area (Å²) in [5.41, 5.74) is 0.0568.